The first kappa shape index (κ1) is 19.4. The van der Waals surface area contributed by atoms with E-state index in [1.807, 2.05) is 60.7 Å². The summed E-state index contributed by atoms with van der Waals surface area (Å²) in [5.74, 6) is -1.33. The second-order valence-corrected chi connectivity index (χ2v) is 6.59. The first-order valence-corrected chi connectivity index (χ1v) is 9.03. The highest BCUT2D eigenvalue weighted by molar-refractivity contribution is 6.02. The van der Waals surface area contributed by atoms with E-state index >= 15 is 0 Å². The predicted octanol–water partition coefficient (Wildman–Crippen LogP) is 2.52. The molecule has 1 aromatic carbocycles. The second-order valence-electron chi connectivity index (χ2n) is 6.59. The molecule has 0 aromatic heterocycles. The molecule has 0 saturated carbocycles. The monoisotopic (exact) mass is 378 g/mol. The molecule has 1 heterocycles. The van der Waals surface area contributed by atoms with Crippen LogP contribution in [0, 0.1) is 0 Å². The number of allylic oxidation sites excluding steroid dienone is 8. The highest BCUT2D eigenvalue weighted by Crippen LogP contribution is 2.29. The third kappa shape index (κ3) is 4.11. The Morgan fingerprint density at radius 3 is 2.68 bits per heavy atom. The highest BCUT2D eigenvalue weighted by atomic mass is 16.5. The maximum absolute atomic E-state index is 13.0. The van der Waals surface area contributed by atoms with Crippen LogP contribution in [-0.4, -0.2) is 35.8 Å². The summed E-state index contributed by atoms with van der Waals surface area (Å²) in [6.45, 7) is 0.292. The number of fused-ring (bicyclic) bond motifs is 1. The van der Waals surface area contributed by atoms with Crippen LogP contribution in [0.3, 0.4) is 0 Å². The minimum absolute atomic E-state index is 0.0208. The Labute approximate surface area is 163 Å². The van der Waals surface area contributed by atoms with Crippen LogP contribution in [0.15, 0.2) is 60.7 Å². The lowest BCUT2D eigenvalue weighted by Crippen LogP contribution is -2.45. The van der Waals surface area contributed by atoms with Crippen LogP contribution in [-0.2, 0) is 20.9 Å². The zero-order valence-electron chi connectivity index (χ0n) is 15.6. The SMILES string of the molecule is COC(=O)CCC(C(N)=O)N1Cc2ccc(C3=C/C=C\C=C/C=C\3)cc2C1=O. The molecule has 1 aliphatic heterocycles. The molecule has 28 heavy (non-hydrogen) atoms. The molecule has 144 valence electrons. The van der Waals surface area contributed by atoms with Crippen LogP contribution >= 0.6 is 0 Å². The Kier molecular flexibility index (Phi) is 5.89. The Morgan fingerprint density at radius 1 is 1.18 bits per heavy atom. The molecule has 0 saturated heterocycles. The van der Waals surface area contributed by atoms with Gasteiger partial charge in [0.25, 0.3) is 5.91 Å². The summed E-state index contributed by atoms with van der Waals surface area (Å²) in [5.41, 5.74) is 8.78. The van der Waals surface area contributed by atoms with Crippen molar-refractivity contribution in [1.82, 2.24) is 4.90 Å². The molecule has 1 atom stereocenters. The number of carbonyl (C=O) groups is 3. The minimum Gasteiger partial charge on any atom is -0.469 e. The summed E-state index contributed by atoms with van der Waals surface area (Å²) in [6.07, 6.45) is 13.8. The van der Waals surface area contributed by atoms with Crippen LogP contribution < -0.4 is 5.73 Å². The molecule has 0 bridgehead atoms. The van der Waals surface area contributed by atoms with Crippen LogP contribution in [0.2, 0.25) is 0 Å². The van der Waals surface area contributed by atoms with Crippen LogP contribution in [0.1, 0.15) is 34.3 Å². The lowest BCUT2D eigenvalue weighted by molar-refractivity contribution is -0.141. The number of hydrogen-bond donors (Lipinski definition) is 1. The molecular formula is C22H22N2O4. The summed E-state index contributed by atoms with van der Waals surface area (Å²) in [5, 5.41) is 0. The van der Waals surface area contributed by atoms with Gasteiger partial charge in [0.2, 0.25) is 5.91 Å². The normalized spacial score (nSPS) is 21.5. The van der Waals surface area contributed by atoms with E-state index in [1.54, 1.807) is 0 Å². The molecule has 1 unspecified atom stereocenters. The van der Waals surface area contributed by atoms with Crippen LogP contribution in [0.5, 0.6) is 0 Å². The molecular weight excluding hydrogens is 356 g/mol. The number of primary amides is 1. The molecule has 6 nitrogen and oxygen atoms in total. The molecule has 2 aliphatic rings. The van der Waals surface area contributed by atoms with Crippen molar-refractivity contribution < 1.29 is 19.1 Å². The number of rotatable bonds is 6. The number of amides is 2. The Balaban J connectivity index is 1.84. The maximum Gasteiger partial charge on any atom is 0.305 e. The van der Waals surface area contributed by atoms with Gasteiger partial charge in [-0.15, -0.1) is 0 Å². The third-order valence-electron chi connectivity index (χ3n) is 4.83. The maximum atomic E-state index is 13.0. The first-order valence-electron chi connectivity index (χ1n) is 9.03. The van der Waals surface area contributed by atoms with E-state index in [4.69, 9.17) is 5.73 Å². The first-order chi connectivity index (χ1) is 13.5. The van der Waals surface area contributed by atoms with E-state index in [0.717, 1.165) is 16.7 Å². The lowest BCUT2D eigenvalue weighted by Gasteiger charge is -2.24. The average molecular weight is 378 g/mol. The molecule has 3 rings (SSSR count). The van der Waals surface area contributed by atoms with Crippen molar-refractivity contribution in [3.05, 3.63) is 77.4 Å². The number of benzene rings is 1. The van der Waals surface area contributed by atoms with E-state index in [0.29, 0.717) is 12.1 Å². The third-order valence-corrected chi connectivity index (χ3v) is 4.83. The summed E-state index contributed by atoms with van der Waals surface area (Å²) in [7, 11) is 1.28. The standard InChI is InChI=1S/C22H22N2O4/c1-28-20(25)12-11-19(21(23)26)24-14-17-10-9-16(13-18(17)22(24)27)15-7-5-3-2-4-6-8-15/h2-10,13,19H,11-12,14H2,1H3,(H2,23,26)/b3-2-,4-2?,5-3?,6-4-,7-5-,8-6?,15-7?,15-8+. The number of esters is 1. The average Bonchev–Trinajstić information content (AvgIpc) is 2.97. The summed E-state index contributed by atoms with van der Waals surface area (Å²) < 4.78 is 4.62. The summed E-state index contributed by atoms with van der Waals surface area (Å²) in [4.78, 5) is 37.7. The topological polar surface area (TPSA) is 89.7 Å². The van der Waals surface area contributed by atoms with Gasteiger partial charge in [0.15, 0.2) is 0 Å². The fourth-order valence-electron chi connectivity index (χ4n) is 3.32. The van der Waals surface area contributed by atoms with Gasteiger partial charge in [0.1, 0.15) is 6.04 Å². The molecule has 0 radical (unpaired) electrons. The lowest BCUT2D eigenvalue weighted by atomic mass is 9.99. The number of methoxy groups -OCH3 is 1. The van der Waals surface area contributed by atoms with Crippen molar-refractivity contribution in [3.63, 3.8) is 0 Å². The van der Waals surface area contributed by atoms with Gasteiger partial charge < -0.3 is 15.4 Å². The van der Waals surface area contributed by atoms with Gasteiger partial charge in [0, 0.05) is 18.5 Å². The molecule has 2 amide bonds. The Bertz CT molecular complexity index is 924. The predicted molar refractivity (Wildman–Crippen MR) is 106 cm³/mol. The minimum atomic E-state index is -0.851. The molecule has 6 heteroatoms. The zero-order valence-corrected chi connectivity index (χ0v) is 15.6. The fraction of sp³-hybridized carbons (Fsp3) is 0.227. The summed E-state index contributed by atoms with van der Waals surface area (Å²) in [6, 6.07) is 4.84. The van der Waals surface area contributed by atoms with Crippen molar-refractivity contribution in [2.24, 2.45) is 5.73 Å². The number of nitrogens with zero attached hydrogens (tertiary/aromatic N) is 1. The number of ether oxygens (including phenoxy) is 1. The summed E-state index contributed by atoms with van der Waals surface area (Å²) >= 11 is 0. The fourth-order valence-corrected chi connectivity index (χ4v) is 3.32. The van der Waals surface area contributed by atoms with Gasteiger partial charge >= 0.3 is 5.97 Å². The molecule has 1 aliphatic carbocycles. The van der Waals surface area contributed by atoms with Crippen molar-refractivity contribution in [2.45, 2.75) is 25.4 Å². The number of carbonyl (C=O) groups excluding carboxylic acids is 3. The Morgan fingerprint density at radius 2 is 1.93 bits per heavy atom. The van der Waals surface area contributed by atoms with Crippen molar-refractivity contribution in [2.75, 3.05) is 7.11 Å². The zero-order chi connectivity index (χ0) is 20.1. The quantitative estimate of drug-likeness (QED) is 0.770. The molecule has 0 fully saturated rings. The molecule has 2 N–H and O–H groups in total. The largest absolute Gasteiger partial charge is 0.469 e. The van der Waals surface area contributed by atoms with E-state index < -0.39 is 17.9 Å². The van der Waals surface area contributed by atoms with Crippen LogP contribution in [0.4, 0.5) is 0 Å². The van der Waals surface area contributed by atoms with Gasteiger partial charge in [-0.2, -0.15) is 0 Å². The van der Waals surface area contributed by atoms with Crippen molar-refractivity contribution in [3.8, 4) is 0 Å². The van der Waals surface area contributed by atoms with E-state index in [1.165, 1.54) is 12.0 Å². The smallest absolute Gasteiger partial charge is 0.305 e. The number of hydrogen-bond acceptors (Lipinski definition) is 4. The van der Waals surface area contributed by atoms with E-state index in [2.05, 4.69) is 4.74 Å². The van der Waals surface area contributed by atoms with Crippen LogP contribution in [0.25, 0.3) is 5.57 Å². The number of nitrogens with two attached hydrogens (primary N) is 1. The van der Waals surface area contributed by atoms with E-state index in [-0.39, 0.29) is 18.7 Å². The van der Waals surface area contributed by atoms with Gasteiger partial charge in [-0.05, 0) is 29.2 Å². The van der Waals surface area contributed by atoms with Gasteiger partial charge in [-0.25, -0.2) is 0 Å². The molecule has 1 aromatic rings. The Hall–Kier alpha value is -3.41. The van der Waals surface area contributed by atoms with E-state index in [9.17, 15) is 14.4 Å². The molecule has 0 spiro atoms. The van der Waals surface area contributed by atoms with Crippen molar-refractivity contribution >= 4 is 23.4 Å². The van der Waals surface area contributed by atoms with Gasteiger partial charge in [-0.1, -0.05) is 54.7 Å². The second kappa shape index (κ2) is 8.52. The highest BCUT2D eigenvalue weighted by Gasteiger charge is 2.35. The van der Waals surface area contributed by atoms with Gasteiger partial charge in [-0.3, -0.25) is 14.4 Å². The van der Waals surface area contributed by atoms with Crippen molar-refractivity contribution in [1.29, 1.82) is 0 Å². The van der Waals surface area contributed by atoms with Gasteiger partial charge in [0.05, 0.1) is 7.11 Å².